The number of nitrogens with two attached hydrogens (primary N) is 1. The minimum absolute atomic E-state index is 0.123. The Morgan fingerprint density at radius 3 is 2.51 bits per heavy atom. The SMILES string of the molecule is COC(=O)c1cc(OC)c(OCCCCCC(=O)N2C[C@@H](CCl)c3c2cc(C)c2ccccc32)cc1N. The van der Waals surface area contributed by atoms with E-state index in [1.54, 1.807) is 6.07 Å². The maximum atomic E-state index is 13.2. The molecule has 0 fully saturated rings. The van der Waals surface area contributed by atoms with Gasteiger partial charge in [0.05, 0.1) is 32.1 Å². The Bertz CT molecular complexity index is 1310. The lowest BCUT2D eigenvalue weighted by molar-refractivity contribution is -0.118. The lowest BCUT2D eigenvalue weighted by atomic mass is 9.93. The van der Waals surface area contributed by atoms with Gasteiger partial charge in [-0.3, -0.25) is 4.79 Å². The highest BCUT2D eigenvalue weighted by molar-refractivity contribution is 6.19. The average molecular weight is 525 g/mol. The molecule has 1 heterocycles. The third-order valence-electron chi connectivity index (χ3n) is 6.89. The summed E-state index contributed by atoms with van der Waals surface area (Å²) in [7, 11) is 2.80. The van der Waals surface area contributed by atoms with E-state index in [4.69, 9.17) is 31.5 Å². The largest absolute Gasteiger partial charge is 0.493 e. The summed E-state index contributed by atoms with van der Waals surface area (Å²) >= 11 is 6.33. The van der Waals surface area contributed by atoms with Crippen LogP contribution in [0.4, 0.5) is 11.4 Å². The number of fused-ring (bicyclic) bond motifs is 3. The highest BCUT2D eigenvalue weighted by Gasteiger charge is 2.33. The smallest absolute Gasteiger partial charge is 0.340 e. The van der Waals surface area contributed by atoms with Crippen LogP contribution in [0.2, 0.25) is 0 Å². The number of alkyl halides is 1. The van der Waals surface area contributed by atoms with Gasteiger partial charge in [-0.1, -0.05) is 24.3 Å². The number of anilines is 2. The van der Waals surface area contributed by atoms with E-state index in [0.717, 1.165) is 30.5 Å². The van der Waals surface area contributed by atoms with Gasteiger partial charge in [0.25, 0.3) is 0 Å². The summed E-state index contributed by atoms with van der Waals surface area (Å²) < 4.78 is 15.9. The number of hydrogen-bond acceptors (Lipinski definition) is 6. The molecule has 1 atom stereocenters. The molecular formula is C29H33ClN2O5. The predicted octanol–water partition coefficient (Wildman–Crippen LogP) is 5.83. The van der Waals surface area contributed by atoms with E-state index in [0.29, 0.717) is 37.0 Å². The number of rotatable bonds is 10. The second-order valence-corrected chi connectivity index (χ2v) is 9.58. The minimum atomic E-state index is -0.534. The molecule has 0 saturated carbocycles. The topological polar surface area (TPSA) is 91.1 Å². The number of aryl methyl sites for hydroxylation is 1. The Kier molecular flexibility index (Phi) is 8.44. The summed E-state index contributed by atoms with van der Waals surface area (Å²) in [4.78, 5) is 26.9. The number of amides is 1. The second kappa shape index (κ2) is 11.7. The van der Waals surface area contributed by atoms with Gasteiger partial charge in [0.15, 0.2) is 11.5 Å². The van der Waals surface area contributed by atoms with Crippen molar-refractivity contribution in [2.24, 2.45) is 0 Å². The molecule has 0 aliphatic carbocycles. The molecular weight excluding hydrogens is 492 g/mol. The first kappa shape index (κ1) is 26.6. The van der Waals surface area contributed by atoms with E-state index in [1.165, 1.54) is 36.6 Å². The van der Waals surface area contributed by atoms with Crippen LogP contribution < -0.4 is 20.1 Å². The first-order valence-electron chi connectivity index (χ1n) is 12.5. The number of ether oxygens (including phenoxy) is 3. The van der Waals surface area contributed by atoms with Gasteiger partial charge in [-0.25, -0.2) is 4.79 Å². The van der Waals surface area contributed by atoms with E-state index in [2.05, 4.69) is 25.1 Å². The van der Waals surface area contributed by atoms with Gasteiger partial charge >= 0.3 is 5.97 Å². The van der Waals surface area contributed by atoms with Crippen molar-refractivity contribution in [2.45, 2.75) is 38.5 Å². The monoisotopic (exact) mass is 524 g/mol. The van der Waals surface area contributed by atoms with Gasteiger partial charge < -0.3 is 24.8 Å². The maximum absolute atomic E-state index is 13.2. The van der Waals surface area contributed by atoms with Crippen molar-refractivity contribution in [2.75, 3.05) is 43.9 Å². The second-order valence-electron chi connectivity index (χ2n) is 9.27. The molecule has 3 aromatic rings. The maximum Gasteiger partial charge on any atom is 0.340 e. The first-order valence-corrected chi connectivity index (χ1v) is 13.0. The third-order valence-corrected chi connectivity index (χ3v) is 7.27. The summed E-state index contributed by atoms with van der Waals surface area (Å²) in [6.07, 6.45) is 2.82. The lowest BCUT2D eigenvalue weighted by Crippen LogP contribution is -2.29. The van der Waals surface area contributed by atoms with Crippen LogP contribution in [0.5, 0.6) is 11.5 Å². The van der Waals surface area contributed by atoms with Gasteiger partial charge in [0.2, 0.25) is 5.91 Å². The molecule has 3 aromatic carbocycles. The van der Waals surface area contributed by atoms with Crippen LogP contribution in [-0.4, -0.2) is 45.1 Å². The van der Waals surface area contributed by atoms with Crippen LogP contribution in [-0.2, 0) is 9.53 Å². The van der Waals surface area contributed by atoms with Crippen molar-refractivity contribution < 1.29 is 23.8 Å². The summed E-state index contributed by atoms with van der Waals surface area (Å²) in [6.45, 7) is 3.15. The van der Waals surface area contributed by atoms with E-state index in [1.807, 2.05) is 17.0 Å². The fourth-order valence-corrected chi connectivity index (χ4v) is 5.24. The number of carbonyl (C=O) groups is 2. The third kappa shape index (κ3) is 5.47. The molecule has 1 amide bonds. The predicted molar refractivity (Wildman–Crippen MR) is 147 cm³/mol. The number of benzene rings is 3. The van der Waals surface area contributed by atoms with E-state index in [9.17, 15) is 9.59 Å². The van der Waals surface area contributed by atoms with Gasteiger partial charge in [0, 0.05) is 42.6 Å². The minimum Gasteiger partial charge on any atom is -0.493 e. The number of nitrogen functional groups attached to an aromatic ring is 1. The van der Waals surface area contributed by atoms with Crippen molar-refractivity contribution in [1.82, 2.24) is 0 Å². The molecule has 37 heavy (non-hydrogen) atoms. The number of hydrogen-bond donors (Lipinski definition) is 1. The molecule has 0 bridgehead atoms. The van der Waals surface area contributed by atoms with Gasteiger partial charge in [-0.2, -0.15) is 0 Å². The van der Waals surface area contributed by atoms with Crippen LogP contribution >= 0.6 is 11.6 Å². The van der Waals surface area contributed by atoms with Crippen LogP contribution in [0.1, 0.15) is 53.1 Å². The van der Waals surface area contributed by atoms with Crippen molar-refractivity contribution in [1.29, 1.82) is 0 Å². The van der Waals surface area contributed by atoms with Crippen molar-refractivity contribution in [3.63, 3.8) is 0 Å². The summed E-state index contributed by atoms with van der Waals surface area (Å²) in [6, 6.07) is 13.5. The zero-order chi connectivity index (χ0) is 26.5. The van der Waals surface area contributed by atoms with Crippen LogP contribution in [0.25, 0.3) is 10.8 Å². The molecule has 0 radical (unpaired) electrons. The van der Waals surface area contributed by atoms with E-state index < -0.39 is 5.97 Å². The molecule has 4 rings (SSSR count). The number of halogens is 1. The number of unbranched alkanes of at least 4 members (excludes halogenated alkanes) is 2. The fourth-order valence-electron chi connectivity index (χ4n) is 4.99. The van der Waals surface area contributed by atoms with Gasteiger partial charge in [0.1, 0.15) is 0 Å². The number of carbonyl (C=O) groups excluding carboxylic acids is 2. The molecule has 2 N–H and O–H groups in total. The summed E-state index contributed by atoms with van der Waals surface area (Å²) in [5.41, 5.74) is 9.81. The Labute approximate surface area is 222 Å². The highest BCUT2D eigenvalue weighted by atomic mass is 35.5. The van der Waals surface area contributed by atoms with E-state index in [-0.39, 0.29) is 23.1 Å². The zero-order valence-corrected chi connectivity index (χ0v) is 22.3. The van der Waals surface area contributed by atoms with E-state index >= 15 is 0 Å². The number of methoxy groups -OCH3 is 2. The first-order chi connectivity index (χ1) is 17.9. The Morgan fingerprint density at radius 2 is 1.81 bits per heavy atom. The summed E-state index contributed by atoms with van der Waals surface area (Å²) in [5.74, 6) is 1.08. The Morgan fingerprint density at radius 1 is 1.05 bits per heavy atom. The number of esters is 1. The molecule has 1 aliphatic rings. The highest BCUT2D eigenvalue weighted by Crippen LogP contribution is 2.43. The Balaban J connectivity index is 1.32. The fraction of sp³-hybridized carbons (Fsp3) is 0.379. The quantitative estimate of drug-likeness (QED) is 0.155. The molecule has 0 saturated heterocycles. The van der Waals surface area contributed by atoms with Gasteiger partial charge in [-0.15, -0.1) is 11.6 Å². The molecule has 196 valence electrons. The van der Waals surface area contributed by atoms with Crippen molar-refractivity contribution in [3.8, 4) is 11.5 Å². The standard InChI is InChI=1S/C29H33ClN2O5/c1-18-13-24-28(21-10-7-6-9-20(18)21)19(16-30)17-32(24)27(33)11-5-4-8-12-37-26-15-23(31)22(29(34)36-3)14-25(26)35-2/h6-7,9-10,13-15,19H,4-5,8,11-12,16-17,31H2,1-3H3/t19-/m1/s1. The molecule has 8 heteroatoms. The molecule has 7 nitrogen and oxygen atoms in total. The molecule has 0 aromatic heterocycles. The van der Waals surface area contributed by atoms with Crippen LogP contribution in [0.3, 0.4) is 0 Å². The zero-order valence-electron chi connectivity index (χ0n) is 21.5. The molecule has 0 spiro atoms. The summed E-state index contributed by atoms with van der Waals surface area (Å²) in [5, 5.41) is 2.40. The number of nitrogens with zero attached hydrogens (tertiary/aromatic N) is 1. The van der Waals surface area contributed by atoms with Crippen LogP contribution in [0.15, 0.2) is 42.5 Å². The van der Waals surface area contributed by atoms with Gasteiger partial charge in [-0.05, 0) is 54.2 Å². The average Bonchev–Trinajstić information content (AvgIpc) is 3.29. The molecule has 0 unspecified atom stereocenters. The van der Waals surface area contributed by atoms with Crippen molar-refractivity contribution >= 4 is 45.6 Å². The lowest BCUT2D eigenvalue weighted by Gasteiger charge is -2.19. The molecule has 1 aliphatic heterocycles. The normalized spacial score (nSPS) is 14.5. The van der Waals surface area contributed by atoms with Crippen molar-refractivity contribution in [3.05, 3.63) is 59.2 Å². The van der Waals surface area contributed by atoms with Crippen LogP contribution in [0, 0.1) is 6.92 Å². The Hall–Kier alpha value is -3.45.